The van der Waals surface area contributed by atoms with E-state index in [2.05, 4.69) is 4.90 Å². The van der Waals surface area contributed by atoms with Crippen LogP contribution in [-0.4, -0.2) is 30.8 Å². The van der Waals surface area contributed by atoms with Crippen LogP contribution in [0.3, 0.4) is 0 Å². The summed E-state index contributed by atoms with van der Waals surface area (Å²) in [4.78, 5) is 12.7. The zero-order valence-corrected chi connectivity index (χ0v) is 9.06. The lowest BCUT2D eigenvalue weighted by Gasteiger charge is -2.22. The summed E-state index contributed by atoms with van der Waals surface area (Å²) in [5.74, 6) is 0.0908. The lowest BCUT2D eigenvalue weighted by atomic mass is 10.2. The fourth-order valence-electron chi connectivity index (χ4n) is 1.86. The highest BCUT2D eigenvalue weighted by atomic mass is 16.5. The Morgan fingerprint density at radius 3 is 3.06 bits per heavy atom. The first kappa shape index (κ1) is 10.8. The number of aliphatic carboxylic acids is 1. The summed E-state index contributed by atoms with van der Waals surface area (Å²) in [6.45, 7) is 2.08. The zero-order valence-electron chi connectivity index (χ0n) is 9.06. The topological polar surface area (TPSA) is 49.8 Å². The molecule has 4 nitrogen and oxygen atoms in total. The van der Waals surface area contributed by atoms with E-state index in [1.165, 1.54) is 0 Å². The number of benzene rings is 1. The molecule has 0 fully saturated rings. The van der Waals surface area contributed by atoms with E-state index >= 15 is 0 Å². The van der Waals surface area contributed by atoms with Gasteiger partial charge >= 0.3 is 5.97 Å². The zero-order chi connectivity index (χ0) is 11.4. The largest absolute Gasteiger partial charge is 0.491 e. The minimum atomic E-state index is -0.761. The summed E-state index contributed by atoms with van der Waals surface area (Å²) in [6, 6.07) is 7.78. The molecule has 0 spiro atoms. The molecule has 2 rings (SSSR count). The number of nitrogens with zero attached hydrogens (tertiary/aromatic N) is 1. The van der Waals surface area contributed by atoms with Crippen LogP contribution in [0.25, 0.3) is 0 Å². The van der Waals surface area contributed by atoms with E-state index in [-0.39, 0.29) is 6.42 Å². The minimum Gasteiger partial charge on any atom is -0.491 e. The third kappa shape index (κ3) is 2.45. The van der Waals surface area contributed by atoms with Crippen molar-refractivity contribution in [2.45, 2.75) is 12.8 Å². The highest BCUT2D eigenvalue weighted by molar-refractivity contribution is 5.68. The summed E-state index contributed by atoms with van der Waals surface area (Å²) in [5.41, 5.74) is 1.00. The molecule has 1 aromatic carbocycles. The Labute approximate surface area is 94.4 Å². The van der Waals surface area contributed by atoms with E-state index in [0.717, 1.165) is 24.4 Å². The number of carboxylic acid groups (broad SMARTS) is 1. The van der Waals surface area contributed by atoms with Crippen LogP contribution in [0.1, 0.15) is 12.8 Å². The Morgan fingerprint density at radius 1 is 1.44 bits per heavy atom. The number of rotatable bonds is 3. The van der Waals surface area contributed by atoms with Crippen LogP contribution in [0.5, 0.6) is 5.75 Å². The maximum Gasteiger partial charge on any atom is 0.305 e. The summed E-state index contributed by atoms with van der Waals surface area (Å²) in [6.07, 6.45) is 1.09. The number of fused-ring (bicyclic) bond motifs is 1. The molecule has 0 amide bonds. The Balaban J connectivity index is 2.15. The van der Waals surface area contributed by atoms with Crippen molar-refractivity contribution < 1.29 is 14.6 Å². The predicted molar refractivity (Wildman–Crippen MR) is 61.0 cm³/mol. The highest BCUT2D eigenvalue weighted by Gasteiger charge is 2.16. The van der Waals surface area contributed by atoms with Gasteiger partial charge in [-0.05, 0) is 18.6 Å². The molecule has 0 unspecified atom stereocenters. The third-order valence-corrected chi connectivity index (χ3v) is 2.63. The van der Waals surface area contributed by atoms with Crippen molar-refractivity contribution in [3.63, 3.8) is 0 Å². The van der Waals surface area contributed by atoms with Crippen LogP contribution in [0.4, 0.5) is 5.69 Å². The van der Waals surface area contributed by atoms with Crippen molar-refractivity contribution in [1.29, 1.82) is 0 Å². The number of anilines is 1. The van der Waals surface area contributed by atoms with Crippen LogP contribution in [0, 0.1) is 0 Å². The molecule has 0 atom stereocenters. The smallest absolute Gasteiger partial charge is 0.305 e. The van der Waals surface area contributed by atoms with Crippen molar-refractivity contribution in [3.05, 3.63) is 24.3 Å². The molecule has 1 heterocycles. The van der Waals surface area contributed by atoms with E-state index in [0.29, 0.717) is 13.2 Å². The maximum atomic E-state index is 10.6. The molecule has 0 aromatic heterocycles. The fraction of sp³-hybridized carbons (Fsp3) is 0.417. The number of hydrogen-bond donors (Lipinski definition) is 1. The van der Waals surface area contributed by atoms with Crippen molar-refractivity contribution in [2.24, 2.45) is 0 Å². The molecule has 1 N–H and O–H groups in total. The fourth-order valence-corrected chi connectivity index (χ4v) is 1.86. The van der Waals surface area contributed by atoms with Crippen LogP contribution in [-0.2, 0) is 4.79 Å². The Kier molecular flexibility index (Phi) is 3.29. The molecule has 1 aromatic rings. The first-order valence-electron chi connectivity index (χ1n) is 5.46. The monoisotopic (exact) mass is 221 g/mol. The summed E-state index contributed by atoms with van der Waals surface area (Å²) >= 11 is 0. The molecule has 0 saturated heterocycles. The minimum absolute atomic E-state index is 0.161. The van der Waals surface area contributed by atoms with Gasteiger partial charge in [-0.2, -0.15) is 0 Å². The SMILES string of the molecule is O=C(O)CCN1CCCOc2ccccc21. The van der Waals surface area contributed by atoms with Gasteiger partial charge in [-0.1, -0.05) is 12.1 Å². The normalized spacial score (nSPS) is 14.9. The second kappa shape index (κ2) is 4.88. The van der Waals surface area contributed by atoms with Gasteiger partial charge in [-0.25, -0.2) is 0 Å². The van der Waals surface area contributed by atoms with Crippen LogP contribution in [0.15, 0.2) is 24.3 Å². The molecule has 4 heteroatoms. The first-order chi connectivity index (χ1) is 7.77. The molecular weight excluding hydrogens is 206 g/mol. The maximum absolute atomic E-state index is 10.6. The molecular formula is C12H15NO3. The van der Waals surface area contributed by atoms with Crippen molar-refractivity contribution in [2.75, 3.05) is 24.6 Å². The molecule has 0 aliphatic carbocycles. The van der Waals surface area contributed by atoms with Gasteiger partial charge in [-0.3, -0.25) is 4.79 Å². The Bertz CT molecular complexity index is 378. The molecule has 16 heavy (non-hydrogen) atoms. The second-order valence-electron chi connectivity index (χ2n) is 3.80. The van der Waals surface area contributed by atoms with Gasteiger partial charge in [0.05, 0.1) is 18.7 Å². The van der Waals surface area contributed by atoms with Crippen molar-refractivity contribution in [1.82, 2.24) is 0 Å². The Hall–Kier alpha value is -1.71. The summed E-state index contributed by atoms with van der Waals surface area (Å²) < 4.78 is 5.60. The standard InChI is InChI=1S/C12H15NO3/c14-12(15)6-8-13-7-3-9-16-11-5-2-1-4-10(11)13/h1-2,4-5H,3,6-9H2,(H,14,15). The first-order valence-corrected chi connectivity index (χ1v) is 5.46. The van der Waals surface area contributed by atoms with E-state index < -0.39 is 5.97 Å². The van der Waals surface area contributed by atoms with Gasteiger partial charge in [0.15, 0.2) is 0 Å². The average Bonchev–Trinajstić information content (AvgIpc) is 2.48. The van der Waals surface area contributed by atoms with E-state index in [1.807, 2.05) is 24.3 Å². The molecule has 0 bridgehead atoms. The third-order valence-electron chi connectivity index (χ3n) is 2.63. The molecule has 0 radical (unpaired) electrons. The van der Waals surface area contributed by atoms with Crippen LogP contribution < -0.4 is 9.64 Å². The molecule has 1 aliphatic heterocycles. The van der Waals surface area contributed by atoms with Crippen molar-refractivity contribution >= 4 is 11.7 Å². The quantitative estimate of drug-likeness (QED) is 0.844. The number of ether oxygens (including phenoxy) is 1. The molecule has 86 valence electrons. The molecule has 0 saturated carbocycles. The van der Waals surface area contributed by atoms with Gasteiger partial charge in [-0.15, -0.1) is 0 Å². The van der Waals surface area contributed by atoms with Gasteiger partial charge in [0.25, 0.3) is 0 Å². The second-order valence-corrected chi connectivity index (χ2v) is 3.80. The number of carboxylic acids is 1. The van der Waals surface area contributed by atoms with E-state index in [4.69, 9.17) is 9.84 Å². The number of hydrogen-bond acceptors (Lipinski definition) is 3. The van der Waals surface area contributed by atoms with Gasteiger partial charge < -0.3 is 14.7 Å². The summed E-state index contributed by atoms with van der Waals surface area (Å²) in [5, 5.41) is 8.70. The Morgan fingerprint density at radius 2 is 2.25 bits per heavy atom. The van der Waals surface area contributed by atoms with Crippen molar-refractivity contribution in [3.8, 4) is 5.75 Å². The molecule has 1 aliphatic rings. The van der Waals surface area contributed by atoms with Crippen LogP contribution in [0.2, 0.25) is 0 Å². The van der Waals surface area contributed by atoms with Gasteiger partial charge in [0.2, 0.25) is 0 Å². The van der Waals surface area contributed by atoms with Gasteiger partial charge in [0, 0.05) is 13.1 Å². The predicted octanol–water partition coefficient (Wildman–Crippen LogP) is 1.75. The van der Waals surface area contributed by atoms with E-state index in [1.54, 1.807) is 0 Å². The lowest BCUT2D eigenvalue weighted by Crippen LogP contribution is -2.26. The van der Waals surface area contributed by atoms with Crippen LogP contribution >= 0.6 is 0 Å². The van der Waals surface area contributed by atoms with E-state index in [9.17, 15) is 4.79 Å². The lowest BCUT2D eigenvalue weighted by molar-refractivity contribution is -0.136. The number of para-hydroxylation sites is 2. The summed E-state index contributed by atoms with van der Waals surface area (Å²) in [7, 11) is 0. The average molecular weight is 221 g/mol. The van der Waals surface area contributed by atoms with Gasteiger partial charge in [0.1, 0.15) is 5.75 Å². The highest BCUT2D eigenvalue weighted by Crippen LogP contribution is 2.30. The number of carbonyl (C=O) groups is 1.